The SMILES string of the molecule is Cc1sc(CN)cc1S(=O)(=O)NCCc1nccs1. The molecule has 2 rings (SSSR count). The summed E-state index contributed by atoms with van der Waals surface area (Å²) in [4.78, 5) is 6.08. The van der Waals surface area contributed by atoms with Crippen molar-refractivity contribution in [1.29, 1.82) is 0 Å². The number of thiophene rings is 1. The van der Waals surface area contributed by atoms with E-state index in [0.29, 0.717) is 24.4 Å². The second-order valence-electron chi connectivity index (χ2n) is 3.91. The van der Waals surface area contributed by atoms with Crippen LogP contribution in [-0.4, -0.2) is 19.9 Å². The van der Waals surface area contributed by atoms with E-state index in [1.54, 1.807) is 19.2 Å². The number of hydrogen-bond acceptors (Lipinski definition) is 6. The van der Waals surface area contributed by atoms with Crippen LogP contribution in [0.1, 0.15) is 14.8 Å². The number of rotatable bonds is 6. The molecule has 0 fully saturated rings. The van der Waals surface area contributed by atoms with Crippen molar-refractivity contribution in [3.63, 3.8) is 0 Å². The Kier molecular flexibility index (Phi) is 4.69. The molecule has 0 unspecified atom stereocenters. The van der Waals surface area contributed by atoms with Crippen molar-refractivity contribution >= 4 is 32.7 Å². The van der Waals surface area contributed by atoms with Crippen molar-refractivity contribution in [2.45, 2.75) is 24.8 Å². The zero-order valence-electron chi connectivity index (χ0n) is 10.4. The van der Waals surface area contributed by atoms with Gasteiger partial charge in [-0.3, -0.25) is 0 Å². The van der Waals surface area contributed by atoms with Crippen LogP contribution in [0.15, 0.2) is 22.5 Å². The van der Waals surface area contributed by atoms with E-state index >= 15 is 0 Å². The molecule has 0 aliphatic carbocycles. The van der Waals surface area contributed by atoms with Crippen molar-refractivity contribution in [2.24, 2.45) is 5.73 Å². The van der Waals surface area contributed by atoms with Gasteiger partial charge in [-0.15, -0.1) is 22.7 Å². The minimum Gasteiger partial charge on any atom is -0.326 e. The molecule has 104 valence electrons. The number of aryl methyl sites for hydroxylation is 1. The van der Waals surface area contributed by atoms with Gasteiger partial charge in [0, 0.05) is 40.8 Å². The zero-order valence-corrected chi connectivity index (χ0v) is 12.9. The lowest BCUT2D eigenvalue weighted by atomic mass is 10.4. The summed E-state index contributed by atoms with van der Waals surface area (Å²) in [6.45, 7) is 2.50. The van der Waals surface area contributed by atoms with E-state index < -0.39 is 10.0 Å². The van der Waals surface area contributed by atoms with E-state index in [1.807, 2.05) is 5.38 Å². The Morgan fingerprint density at radius 2 is 2.26 bits per heavy atom. The summed E-state index contributed by atoms with van der Waals surface area (Å²) >= 11 is 2.94. The maximum Gasteiger partial charge on any atom is 0.241 e. The number of nitrogens with one attached hydrogen (secondary N) is 1. The second kappa shape index (κ2) is 6.10. The number of sulfonamides is 1. The zero-order chi connectivity index (χ0) is 13.9. The van der Waals surface area contributed by atoms with Crippen LogP contribution in [0, 0.1) is 6.92 Å². The van der Waals surface area contributed by atoms with E-state index in [-0.39, 0.29) is 0 Å². The molecule has 5 nitrogen and oxygen atoms in total. The Balaban J connectivity index is 2.03. The van der Waals surface area contributed by atoms with Gasteiger partial charge in [-0.05, 0) is 13.0 Å². The average molecular weight is 317 g/mol. The molecular weight excluding hydrogens is 302 g/mol. The third-order valence-corrected chi connectivity index (χ3v) is 6.16. The highest BCUT2D eigenvalue weighted by Crippen LogP contribution is 2.25. The van der Waals surface area contributed by atoms with Crippen LogP contribution in [0.2, 0.25) is 0 Å². The van der Waals surface area contributed by atoms with Gasteiger partial charge in [-0.1, -0.05) is 0 Å². The Morgan fingerprint density at radius 3 is 2.84 bits per heavy atom. The third-order valence-electron chi connectivity index (χ3n) is 2.53. The Hall–Kier alpha value is -0.800. The molecule has 19 heavy (non-hydrogen) atoms. The first kappa shape index (κ1) is 14.6. The fraction of sp³-hybridized carbons (Fsp3) is 0.364. The van der Waals surface area contributed by atoms with Gasteiger partial charge in [0.15, 0.2) is 0 Å². The molecule has 3 N–H and O–H groups in total. The van der Waals surface area contributed by atoms with Crippen molar-refractivity contribution in [2.75, 3.05) is 6.54 Å². The van der Waals surface area contributed by atoms with Gasteiger partial charge >= 0.3 is 0 Å². The van der Waals surface area contributed by atoms with Gasteiger partial charge in [-0.25, -0.2) is 18.1 Å². The number of nitrogens with two attached hydrogens (primary N) is 1. The summed E-state index contributed by atoms with van der Waals surface area (Å²) < 4.78 is 26.9. The van der Waals surface area contributed by atoms with Gasteiger partial charge < -0.3 is 5.73 Å². The molecule has 0 amide bonds. The highest BCUT2D eigenvalue weighted by Gasteiger charge is 2.19. The summed E-state index contributed by atoms with van der Waals surface area (Å²) in [5.41, 5.74) is 5.53. The van der Waals surface area contributed by atoms with Crippen LogP contribution in [0.5, 0.6) is 0 Å². The van der Waals surface area contributed by atoms with Crippen LogP contribution < -0.4 is 10.5 Å². The highest BCUT2D eigenvalue weighted by molar-refractivity contribution is 7.89. The van der Waals surface area contributed by atoms with Crippen molar-refractivity contribution in [3.05, 3.63) is 32.4 Å². The molecule has 2 aromatic heterocycles. The van der Waals surface area contributed by atoms with Crippen molar-refractivity contribution in [1.82, 2.24) is 9.71 Å². The molecule has 0 saturated carbocycles. The quantitative estimate of drug-likeness (QED) is 0.845. The number of hydrogen-bond donors (Lipinski definition) is 2. The monoisotopic (exact) mass is 317 g/mol. The van der Waals surface area contributed by atoms with Gasteiger partial charge in [0.05, 0.1) is 9.90 Å². The lowest BCUT2D eigenvalue weighted by Gasteiger charge is -2.04. The topological polar surface area (TPSA) is 85.1 Å². The van der Waals surface area contributed by atoms with Gasteiger partial charge in [0.1, 0.15) is 0 Å². The fourth-order valence-electron chi connectivity index (χ4n) is 1.64. The third kappa shape index (κ3) is 3.61. The molecular formula is C11H15N3O2S3. The van der Waals surface area contributed by atoms with Gasteiger partial charge in [0.2, 0.25) is 10.0 Å². The van der Waals surface area contributed by atoms with Crippen LogP contribution in [-0.2, 0) is 23.0 Å². The maximum atomic E-state index is 12.1. The molecule has 2 heterocycles. The summed E-state index contributed by atoms with van der Waals surface area (Å²) in [5.74, 6) is 0. The molecule has 0 atom stereocenters. The Labute approximate surface area is 120 Å². The van der Waals surface area contributed by atoms with Crippen molar-refractivity contribution < 1.29 is 8.42 Å². The number of aromatic nitrogens is 1. The normalized spacial score (nSPS) is 11.9. The molecule has 8 heteroatoms. The van der Waals surface area contributed by atoms with Crippen LogP contribution in [0.3, 0.4) is 0 Å². The van der Waals surface area contributed by atoms with Gasteiger partial charge in [-0.2, -0.15) is 0 Å². The average Bonchev–Trinajstić information content (AvgIpc) is 2.98. The summed E-state index contributed by atoms with van der Waals surface area (Å²) in [6.07, 6.45) is 2.31. The molecule has 0 aromatic carbocycles. The van der Waals surface area contributed by atoms with Crippen LogP contribution in [0.25, 0.3) is 0 Å². The second-order valence-corrected chi connectivity index (χ2v) is 7.97. The fourth-order valence-corrected chi connectivity index (χ4v) is 4.80. The minimum atomic E-state index is -3.45. The van der Waals surface area contributed by atoms with Crippen molar-refractivity contribution in [3.8, 4) is 0 Å². The molecule has 0 aliphatic rings. The van der Waals surface area contributed by atoms with E-state index in [0.717, 1.165) is 14.8 Å². The predicted octanol–water partition coefficient (Wildman–Crippen LogP) is 1.49. The molecule has 2 aromatic rings. The lowest BCUT2D eigenvalue weighted by Crippen LogP contribution is -2.26. The first-order valence-corrected chi connectivity index (χ1v) is 8.88. The summed E-state index contributed by atoms with van der Waals surface area (Å²) in [6, 6.07) is 1.64. The van der Waals surface area contributed by atoms with Crippen LogP contribution >= 0.6 is 22.7 Å². The van der Waals surface area contributed by atoms with E-state index in [2.05, 4.69) is 9.71 Å². The summed E-state index contributed by atoms with van der Waals surface area (Å²) in [7, 11) is -3.45. The Bertz CT molecular complexity index is 632. The highest BCUT2D eigenvalue weighted by atomic mass is 32.2. The molecule has 0 bridgehead atoms. The number of nitrogens with zero attached hydrogens (tertiary/aromatic N) is 1. The first-order valence-electron chi connectivity index (χ1n) is 5.70. The lowest BCUT2D eigenvalue weighted by molar-refractivity contribution is 0.581. The van der Waals surface area contributed by atoms with E-state index in [9.17, 15) is 8.42 Å². The molecule has 0 radical (unpaired) electrons. The Morgan fingerprint density at radius 1 is 1.47 bits per heavy atom. The predicted molar refractivity (Wildman–Crippen MR) is 78.0 cm³/mol. The largest absolute Gasteiger partial charge is 0.326 e. The van der Waals surface area contributed by atoms with E-state index in [4.69, 9.17) is 5.73 Å². The molecule has 0 spiro atoms. The van der Waals surface area contributed by atoms with Gasteiger partial charge in [0.25, 0.3) is 0 Å². The minimum absolute atomic E-state index is 0.331. The molecule has 0 aliphatic heterocycles. The maximum absolute atomic E-state index is 12.1. The number of thiazole rings is 1. The summed E-state index contributed by atoms with van der Waals surface area (Å²) in [5, 5.41) is 2.80. The standard InChI is InChI=1S/C11H15N3O2S3/c1-8-10(6-9(7-12)18-8)19(15,16)14-3-2-11-13-4-5-17-11/h4-6,14H,2-3,7,12H2,1H3. The van der Waals surface area contributed by atoms with E-state index in [1.165, 1.54) is 22.7 Å². The first-order chi connectivity index (χ1) is 9.03. The van der Waals surface area contributed by atoms with Crippen LogP contribution in [0.4, 0.5) is 0 Å². The smallest absolute Gasteiger partial charge is 0.241 e. The molecule has 0 saturated heterocycles.